The molecular formula is C15H24N2O2. The summed E-state index contributed by atoms with van der Waals surface area (Å²) < 4.78 is 5.54. The van der Waals surface area contributed by atoms with Crippen LogP contribution in [0, 0.1) is 0 Å². The van der Waals surface area contributed by atoms with Crippen molar-refractivity contribution in [1.29, 1.82) is 0 Å². The van der Waals surface area contributed by atoms with Crippen LogP contribution in [0.1, 0.15) is 40.0 Å². The van der Waals surface area contributed by atoms with Crippen LogP contribution in [0.25, 0.3) is 0 Å². The van der Waals surface area contributed by atoms with E-state index in [9.17, 15) is 4.79 Å². The third-order valence-corrected chi connectivity index (χ3v) is 2.57. The van der Waals surface area contributed by atoms with E-state index in [2.05, 4.69) is 5.32 Å². The fourth-order valence-corrected chi connectivity index (χ4v) is 1.70. The maximum Gasteiger partial charge on any atom is 0.224 e. The van der Waals surface area contributed by atoms with Gasteiger partial charge in [0.2, 0.25) is 5.91 Å². The highest BCUT2D eigenvalue weighted by Gasteiger charge is 2.04. The van der Waals surface area contributed by atoms with Crippen LogP contribution in [0.5, 0.6) is 5.75 Å². The Bertz CT molecular complexity index is 386. The average Bonchev–Trinajstić information content (AvgIpc) is 2.30. The van der Waals surface area contributed by atoms with Gasteiger partial charge in [0.1, 0.15) is 5.75 Å². The molecular weight excluding hydrogens is 240 g/mol. The lowest BCUT2D eigenvalue weighted by Gasteiger charge is -2.11. The fourth-order valence-electron chi connectivity index (χ4n) is 1.70. The smallest absolute Gasteiger partial charge is 0.224 e. The van der Waals surface area contributed by atoms with Crippen LogP contribution < -0.4 is 15.8 Å². The molecule has 0 aromatic heterocycles. The van der Waals surface area contributed by atoms with E-state index < -0.39 is 0 Å². The minimum absolute atomic E-state index is 0.0261. The van der Waals surface area contributed by atoms with Gasteiger partial charge in [-0.15, -0.1) is 0 Å². The van der Waals surface area contributed by atoms with Crippen LogP contribution >= 0.6 is 0 Å². The van der Waals surface area contributed by atoms with Crippen molar-refractivity contribution in [2.45, 2.75) is 52.2 Å². The molecule has 1 rings (SSSR count). The van der Waals surface area contributed by atoms with Crippen molar-refractivity contribution in [1.82, 2.24) is 0 Å². The van der Waals surface area contributed by atoms with Gasteiger partial charge in [0, 0.05) is 18.2 Å². The second kappa shape index (κ2) is 7.79. The fraction of sp³-hybridized carbons (Fsp3) is 0.533. The lowest BCUT2D eigenvalue weighted by atomic mass is 10.1. The van der Waals surface area contributed by atoms with Crippen LogP contribution in [0.2, 0.25) is 0 Å². The summed E-state index contributed by atoms with van der Waals surface area (Å²) >= 11 is 0. The molecule has 0 saturated heterocycles. The van der Waals surface area contributed by atoms with E-state index >= 15 is 0 Å². The Morgan fingerprint density at radius 1 is 1.26 bits per heavy atom. The zero-order chi connectivity index (χ0) is 14.3. The van der Waals surface area contributed by atoms with Crippen LogP contribution in [0.15, 0.2) is 24.3 Å². The monoisotopic (exact) mass is 264 g/mol. The molecule has 19 heavy (non-hydrogen) atoms. The lowest BCUT2D eigenvalue weighted by molar-refractivity contribution is -0.116. The maximum absolute atomic E-state index is 11.7. The summed E-state index contributed by atoms with van der Waals surface area (Å²) in [4.78, 5) is 11.7. The minimum Gasteiger partial charge on any atom is -0.491 e. The van der Waals surface area contributed by atoms with Crippen molar-refractivity contribution in [3.05, 3.63) is 24.3 Å². The Morgan fingerprint density at radius 2 is 1.89 bits per heavy atom. The SMILES string of the molecule is CC(N)CCCC(=O)Nc1ccc(OC(C)C)cc1. The third-order valence-electron chi connectivity index (χ3n) is 2.57. The molecule has 0 aliphatic carbocycles. The van der Waals surface area contributed by atoms with Crippen molar-refractivity contribution >= 4 is 11.6 Å². The molecule has 1 unspecified atom stereocenters. The number of hydrogen-bond acceptors (Lipinski definition) is 3. The first kappa shape index (κ1) is 15.5. The number of ether oxygens (including phenoxy) is 1. The molecule has 4 nitrogen and oxygen atoms in total. The molecule has 0 heterocycles. The molecule has 0 fully saturated rings. The molecule has 0 spiro atoms. The van der Waals surface area contributed by atoms with Gasteiger partial charge in [-0.25, -0.2) is 0 Å². The van der Waals surface area contributed by atoms with Gasteiger partial charge in [-0.2, -0.15) is 0 Å². The summed E-state index contributed by atoms with van der Waals surface area (Å²) in [6.07, 6.45) is 2.34. The minimum atomic E-state index is 0.0261. The van der Waals surface area contributed by atoms with E-state index in [1.165, 1.54) is 0 Å². The zero-order valence-electron chi connectivity index (χ0n) is 12.0. The molecule has 106 valence electrons. The van der Waals surface area contributed by atoms with Crippen molar-refractivity contribution < 1.29 is 9.53 Å². The van der Waals surface area contributed by atoms with Crippen molar-refractivity contribution in [3.8, 4) is 5.75 Å². The van der Waals surface area contributed by atoms with Gasteiger partial charge in [-0.1, -0.05) is 0 Å². The first-order chi connectivity index (χ1) is 8.97. The summed E-state index contributed by atoms with van der Waals surface area (Å²) in [6.45, 7) is 5.91. The van der Waals surface area contributed by atoms with Crippen LogP contribution in [-0.4, -0.2) is 18.1 Å². The zero-order valence-corrected chi connectivity index (χ0v) is 12.0. The highest BCUT2D eigenvalue weighted by Crippen LogP contribution is 2.17. The summed E-state index contributed by atoms with van der Waals surface area (Å²) in [7, 11) is 0. The second-order valence-electron chi connectivity index (χ2n) is 5.11. The van der Waals surface area contributed by atoms with E-state index in [-0.39, 0.29) is 18.1 Å². The van der Waals surface area contributed by atoms with Gasteiger partial charge >= 0.3 is 0 Å². The number of rotatable bonds is 7. The number of hydrogen-bond donors (Lipinski definition) is 2. The van der Waals surface area contributed by atoms with Gasteiger partial charge in [0.15, 0.2) is 0 Å². The predicted octanol–water partition coefficient (Wildman–Crippen LogP) is 2.93. The summed E-state index contributed by atoms with van der Waals surface area (Å²) in [6, 6.07) is 7.57. The molecule has 4 heteroatoms. The molecule has 1 atom stereocenters. The molecule has 1 aromatic rings. The molecule has 1 amide bonds. The number of carbonyl (C=O) groups is 1. The Kier molecular flexibility index (Phi) is 6.36. The molecule has 0 aliphatic rings. The summed E-state index contributed by atoms with van der Waals surface area (Å²) in [5.41, 5.74) is 6.44. The third kappa shape index (κ3) is 6.82. The summed E-state index contributed by atoms with van der Waals surface area (Å²) in [5, 5.41) is 2.86. The van der Waals surface area contributed by atoms with E-state index in [4.69, 9.17) is 10.5 Å². The van der Waals surface area contributed by atoms with Gasteiger partial charge in [0.25, 0.3) is 0 Å². The highest BCUT2D eigenvalue weighted by molar-refractivity contribution is 5.90. The molecule has 0 bridgehead atoms. The van der Waals surface area contributed by atoms with Crippen LogP contribution in [0.3, 0.4) is 0 Å². The summed E-state index contributed by atoms with van der Waals surface area (Å²) in [5.74, 6) is 0.836. The number of amides is 1. The normalized spacial score (nSPS) is 12.3. The van der Waals surface area contributed by atoms with Gasteiger partial charge in [-0.05, 0) is 57.9 Å². The first-order valence-electron chi connectivity index (χ1n) is 6.79. The quantitative estimate of drug-likeness (QED) is 0.796. The van der Waals surface area contributed by atoms with Crippen LogP contribution in [-0.2, 0) is 4.79 Å². The average molecular weight is 264 g/mol. The molecule has 0 radical (unpaired) electrons. The molecule has 0 aliphatic heterocycles. The predicted molar refractivity (Wildman–Crippen MR) is 78.3 cm³/mol. The molecule has 3 N–H and O–H groups in total. The first-order valence-corrected chi connectivity index (χ1v) is 6.79. The second-order valence-corrected chi connectivity index (χ2v) is 5.11. The van der Waals surface area contributed by atoms with Gasteiger partial charge < -0.3 is 15.8 Å². The van der Waals surface area contributed by atoms with Crippen molar-refractivity contribution in [2.24, 2.45) is 5.73 Å². The van der Waals surface area contributed by atoms with Crippen LogP contribution in [0.4, 0.5) is 5.69 Å². The maximum atomic E-state index is 11.7. The number of nitrogens with one attached hydrogen (secondary N) is 1. The highest BCUT2D eigenvalue weighted by atomic mass is 16.5. The number of carbonyl (C=O) groups excluding carboxylic acids is 1. The van der Waals surface area contributed by atoms with E-state index in [1.807, 2.05) is 45.0 Å². The number of benzene rings is 1. The van der Waals surface area contributed by atoms with E-state index in [1.54, 1.807) is 0 Å². The Hall–Kier alpha value is -1.55. The largest absolute Gasteiger partial charge is 0.491 e. The Labute approximate surface area is 115 Å². The van der Waals surface area contributed by atoms with Crippen molar-refractivity contribution in [2.75, 3.05) is 5.32 Å². The van der Waals surface area contributed by atoms with Crippen molar-refractivity contribution in [3.63, 3.8) is 0 Å². The topological polar surface area (TPSA) is 64.4 Å². The van der Waals surface area contributed by atoms with E-state index in [0.29, 0.717) is 6.42 Å². The van der Waals surface area contributed by atoms with Gasteiger partial charge in [0.05, 0.1) is 6.10 Å². The Morgan fingerprint density at radius 3 is 2.42 bits per heavy atom. The lowest BCUT2D eigenvalue weighted by Crippen LogP contribution is -2.16. The van der Waals surface area contributed by atoms with E-state index in [0.717, 1.165) is 24.3 Å². The Balaban J connectivity index is 2.38. The number of anilines is 1. The number of nitrogens with two attached hydrogens (primary N) is 1. The molecule has 0 saturated carbocycles. The standard InChI is InChI=1S/C15H24N2O2/c1-11(2)19-14-9-7-13(8-10-14)17-15(18)6-4-5-12(3)16/h7-12H,4-6,16H2,1-3H3,(H,17,18). The van der Waals surface area contributed by atoms with Gasteiger partial charge in [-0.3, -0.25) is 4.79 Å². The molecule has 1 aromatic carbocycles.